The largest absolute Gasteiger partial charge is 0.487 e. The van der Waals surface area contributed by atoms with Gasteiger partial charge < -0.3 is 19.3 Å². The van der Waals surface area contributed by atoms with Crippen LogP contribution in [0.3, 0.4) is 0 Å². The van der Waals surface area contributed by atoms with Crippen molar-refractivity contribution < 1.29 is 14.6 Å². The van der Waals surface area contributed by atoms with E-state index in [0.717, 1.165) is 48.3 Å². The van der Waals surface area contributed by atoms with Crippen molar-refractivity contribution in [3.63, 3.8) is 0 Å². The number of aromatic carboxylic acids is 1. The quantitative estimate of drug-likeness (QED) is 0.815. The third kappa shape index (κ3) is 2.03. The molecule has 124 valence electrons. The molecule has 0 bridgehead atoms. The van der Waals surface area contributed by atoms with E-state index in [0.29, 0.717) is 12.0 Å². The van der Waals surface area contributed by atoms with Gasteiger partial charge in [-0.25, -0.2) is 4.79 Å². The third-order valence-corrected chi connectivity index (χ3v) is 5.03. The van der Waals surface area contributed by atoms with Crippen LogP contribution < -0.4 is 20.5 Å². The summed E-state index contributed by atoms with van der Waals surface area (Å²) in [5.74, 6) is -0.466. The number of carboxylic acids is 1. The van der Waals surface area contributed by atoms with E-state index in [1.165, 1.54) is 6.20 Å². The lowest BCUT2D eigenvalue weighted by molar-refractivity contribution is 0.0694. The van der Waals surface area contributed by atoms with E-state index in [2.05, 4.69) is 4.90 Å². The van der Waals surface area contributed by atoms with Gasteiger partial charge in [0.05, 0.1) is 17.2 Å². The van der Waals surface area contributed by atoms with Gasteiger partial charge in [0.2, 0.25) is 5.43 Å². The Labute approximate surface area is 140 Å². The van der Waals surface area contributed by atoms with E-state index in [1.807, 2.05) is 25.4 Å². The molecule has 0 aliphatic carbocycles. The average molecular weight is 326 g/mol. The molecule has 2 aromatic rings. The normalized spacial score (nSPS) is 19.5. The van der Waals surface area contributed by atoms with Crippen LogP contribution in [0.5, 0.6) is 5.75 Å². The minimum atomic E-state index is -1.19. The SMILES string of the molecule is Bc1cc2c(=O)c(C(=O)O)cn3c2c(c1N1CCCC1)OC[C@@H]3C. The van der Waals surface area contributed by atoms with E-state index in [9.17, 15) is 14.7 Å². The number of nitrogens with zero attached hydrogens (tertiary/aromatic N) is 2. The maximum absolute atomic E-state index is 12.6. The lowest BCUT2D eigenvalue weighted by atomic mass is 9.89. The van der Waals surface area contributed by atoms with Crippen LogP contribution in [0.15, 0.2) is 17.1 Å². The lowest BCUT2D eigenvalue weighted by Crippen LogP contribution is -2.32. The fourth-order valence-electron chi connectivity index (χ4n) is 3.86. The monoisotopic (exact) mass is 326 g/mol. The molecule has 0 spiro atoms. The highest BCUT2D eigenvalue weighted by atomic mass is 16.5. The Kier molecular flexibility index (Phi) is 3.33. The van der Waals surface area contributed by atoms with Crippen LogP contribution in [-0.4, -0.2) is 43.2 Å². The van der Waals surface area contributed by atoms with Crippen molar-refractivity contribution in [1.29, 1.82) is 0 Å². The molecule has 1 saturated heterocycles. The van der Waals surface area contributed by atoms with Crippen molar-refractivity contribution in [2.45, 2.75) is 25.8 Å². The Bertz CT molecular complexity index is 915. The van der Waals surface area contributed by atoms with Crippen LogP contribution in [-0.2, 0) is 0 Å². The number of hydrogen-bond donors (Lipinski definition) is 1. The van der Waals surface area contributed by atoms with E-state index in [4.69, 9.17) is 4.74 Å². The standard InChI is InChI=1S/C17H19BN2O4/c1-9-8-24-16-13-10(15(21)11(17(22)23)7-20(9)13)6-12(18)14(16)19-4-2-3-5-19/h6-7,9H,2-5,8,18H2,1H3,(H,22,23)/t9-/m0/s1. The van der Waals surface area contributed by atoms with Gasteiger partial charge >= 0.3 is 5.97 Å². The summed E-state index contributed by atoms with van der Waals surface area (Å²) in [5, 5.41) is 9.79. The first-order valence-corrected chi connectivity index (χ1v) is 8.32. The number of pyridine rings is 1. The molecule has 0 radical (unpaired) electrons. The van der Waals surface area contributed by atoms with Crippen LogP contribution >= 0.6 is 0 Å². The Balaban J connectivity index is 2.11. The summed E-state index contributed by atoms with van der Waals surface area (Å²) in [5.41, 5.74) is 2.10. The summed E-state index contributed by atoms with van der Waals surface area (Å²) >= 11 is 0. The zero-order chi connectivity index (χ0) is 17.0. The molecule has 1 atom stereocenters. The second-order valence-electron chi connectivity index (χ2n) is 6.71. The highest BCUT2D eigenvalue weighted by Crippen LogP contribution is 2.39. The molecule has 2 aliphatic rings. The van der Waals surface area contributed by atoms with Crippen LogP contribution in [0.4, 0.5) is 5.69 Å². The molecule has 7 heteroatoms. The van der Waals surface area contributed by atoms with Crippen molar-refractivity contribution in [3.05, 3.63) is 28.0 Å². The molecule has 1 aromatic heterocycles. The molecule has 2 aliphatic heterocycles. The Morgan fingerprint density at radius 2 is 2.08 bits per heavy atom. The van der Waals surface area contributed by atoms with Gasteiger partial charge in [0, 0.05) is 24.7 Å². The highest BCUT2D eigenvalue weighted by Gasteiger charge is 2.29. The topological polar surface area (TPSA) is 71.8 Å². The molecule has 1 aromatic carbocycles. The van der Waals surface area contributed by atoms with E-state index in [-0.39, 0.29) is 11.6 Å². The predicted octanol–water partition coefficient (Wildman–Crippen LogP) is 0.512. The zero-order valence-corrected chi connectivity index (χ0v) is 13.8. The van der Waals surface area contributed by atoms with Gasteiger partial charge in [0.15, 0.2) is 5.75 Å². The molecule has 1 fully saturated rings. The van der Waals surface area contributed by atoms with Crippen LogP contribution in [0.1, 0.15) is 36.2 Å². The smallest absolute Gasteiger partial charge is 0.341 e. The second-order valence-corrected chi connectivity index (χ2v) is 6.71. The van der Waals surface area contributed by atoms with Crippen molar-refractivity contribution >= 4 is 35.9 Å². The molecule has 0 amide bonds. The molecular formula is C17H19BN2O4. The number of anilines is 1. The number of ether oxygens (including phenoxy) is 1. The molecule has 6 nitrogen and oxygen atoms in total. The molecule has 24 heavy (non-hydrogen) atoms. The Morgan fingerprint density at radius 3 is 2.75 bits per heavy atom. The van der Waals surface area contributed by atoms with Crippen molar-refractivity contribution in [1.82, 2.24) is 4.57 Å². The maximum Gasteiger partial charge on any atom is 0.341 e. The summed E-state index contributed by atoms with van der Waals surface area (Å²) < 4.78 is 7.93. The summed E-state index contributed by atoms with van der Waals surface area (Å²) in [7, 11) is 1.96. The Hall–Kier alpha value is -2.44. The number of rotatable bonds is 2. The maximum atomic E-state index is 12.6. The number of aromatic nitrogens is 1. The van der Waals surface area contributed by atoms with E-state index < -0.39 is 11.4 Å². The number of hydrogen-bond acceptors (Lipinski definition) is 4. The number of carboxylic acid groups (broad SMARTS) is 1. The van der Waals surface area contributed by atoms with Gasteiger partial charge in [-0.05, 0) is 19.8 Å². The fourth-order valence-corrected chi connectivity index (χ4v) is 3.86. The van der Waals surface area contributed by atoms with Gasteiger partial charge in [-0.15, -0.1) is 0 Å². The first-order valence-electron chi connectivity index (χ1n) is 8.32. The average Bonchev–Trinajstić information content (AvgIpc) is 3.06. The minimum absolute atomic E-state index is 0.0205. The van der Waals surface area contributed by atoms with Gasteiger partial charge in [0.25, 0.3) is 0 Å². The highest BCUT2D eigenvalue weighted by molar-refractivity contribution is 6.38. The summed E-state index contributed by atoms with van der Waals surface area (Å²) in [6.45, 7) is 4.40. The van der Waals surface area contributed by atoms with Crippen molar-refractivity contribution in [2.75, 3.05) is 24.6 Å². The second kappa shape index (κ2) is 5.29. The Morgan fingerprint density at radius 1 is 1.38 bits per heavy atom. The fraction of sp³-hybridized carbons (Fsp3) is 0.412. The molecule has 1 N–H and O–H groups in total. The molecule has 4 rings (SSSR count). The van der Waals surface area contributed by atoms with Crippen molar-refractivity contribution in [2.24, 2.45) is 0 Å². The molecule has 0 saturated carbocycles. The van der Waals surface area contributed by atoms with Crippen LogP contribution in [0, 0.1) is 0 Å². The van der Waals surface area contributed by atoms with Gasteiger partial charge in [-0.3, -0.25) is 4.79 Å². The van der Waals surface area contributed by atoms with E-state index in [1.54, 1.807) is 0 Å². The minimum Gasteiger partial charge on any atom is -0.487 e. The van der Waals surface area contributed by atoms with Gasteiger partial charge in [-0.2, -0.15) is 0 Å². The molecule has 0 unspecified atom stereocenters. The number of benzene rings is 1. The summed E-state index contributed by atoms with van der Waals surface area (Å²) in [6, 6.07) is 1.80. The summed E-state index contributed by atoms with van der Waals surface area (Å²) in [4.78, 5) is 26.4. The van der Waals surface area contributed by atoms with Gasteiger partial charge in [0.1, 0.15) is 20.0 Å². The molecular weight excluding hydrogens is 307 g/mol. The van der Waals surface area contributed by atoms with Crippen LogP contribution in [0.2, 0.25) is 0 Å². The first-order chi connectivity index (χ1) is 11.5. The lowest BCUT2D eigenvalue weighted by Gasteiger charge is -2.32. The summed E-state index contributed by atoms with van der Waals surface area (Å²) in [6.07, 6.45) is 3.77. The van der Waals surface area contributed by atoms with Crippen LogP contribution in [0.25, 0.3) is 10.9 Å². The van der Waals surface area contributed by atoms with Crippen molar-refractivity contribution in [3.8, 4) is 5.75 Å². The van der Waals surface area contributed by atoms with Gasteiger partial charge in [-0.1, -0.05) is 11.5 Å². The first kappa shape index (κ1) is 15.1. The number of carbonyl (C=O) groups is 1. The zero-order valence-electron chi connectivity index (χ0n) is 13.8. The third-order valence-electron chi connectivity index (χ3n) is 5.03. The van der Waals surface area contributed by atoms with E-state index >= 15 is 0 Å². The predicted molar refractivity (Wildman–Crippen MR) is 95.0 cm³/mol. The molecule has 3 heterocycles.